The first kappa shape index (κ1) is 17.2. The average Bonchev–Trinajstić information content (AvgIpc) is 3.22. The predicted molar refractivity (Wildman–Crippen MR) is 92.7 cm³/mol. The number of phenolic OH excluding ortho intramolecular Hbond substituents is 1. The summed E-state index contributed by atoms with van der Waals surface area (Å²) in [6.45, 7) is 0.500. The summed E-state index contributed by atoms with van der Waals surface area (Å²) >= 11 is 1.25. The summed E-state index contributed by atoms with van der Waals surface area (Å²) in [6, 6.07) is 8.90. The number of rotatable bonds is 6. The van der Waals surface area contributed by atoms with Crippen LogP contribution in [0.2, 0.25) is 0 Å². The van der Waals surface area contributed by atoms with Crippen molar-refractivity contribution >= 4 is 23.0 Å². The summed E-state index contributed by atoms with van der Waals surface area (Å²) in [5, 5.41) is 21.6. The van der Waals surface area contributed by atoms with E-state index in [2.05, 4.69) is 0 Å². The van der Waals surface area contributed by atoms with E-state index in [0.717, 1.165) is 0 Å². The predicted octanol–water partition coefficient (Wildman–Crippen LogP) is 2.68. The molecule has 7 heteroatoms. The molecular formula is C18H17NO5S. The number of aliphatic hydroxyl groups excluding tert-OH is 1. The molecule has 0 radical (unpaired) electrons. The number of thiophene rings is 1. The molecule has 1 aliphatic heterocycles. The molecule has 0 saturated heterocycles. The number of benzene rings is 1. The highest BCUT2D eigenvalue weighted by molar-refractivity contribution is 7.12. The van der Waals surface area contributed by atoms with Crippen LogP contribution >= 0.6 is 11.3 Å². The van der Waals surface area contributed by atoms with Crippen molar-refractivity contribution in [1.82, 2.24) is 4.90 Å². The van der Waals surface area contributed by atoms with Crippen LogP contribution in [0.15, 0.2) is 53.1 Å². The van der Waals surface area contributed by atoms with Crippen molar-refractivity contribution in [2.75, 3.05) is 20.3 Å². The Morgan fingerprint density at radius 2 is 1.96 bits per heavy atom. The molecule has 130 valence electrons. The van der Waals surface area contributed by atoms with E-state index in [1.165, 1.54) is 35.5 Å². The number of ketones is 1. The van der Waals surface area contributed by atoms with Crippen LogP contribution in [0, 0.1) is 0 Å². The third-order valence-corrected chi connectivity index (χ3v) is 4.91. The van der Waals surface area contributed by atoms with E-state index in [-0.39, 0.29) is 30.3 Å². The lowest BCUT2D eigenvalue weighted by Crippen LogP contribution is -2.33. The number of carbonyl (C=O) groups is 2. The Morgan fingerprint density at radius 3 is 2.56 bits per heavy atom. The van der Waals surface area contributed by atoms with Gasteiger partial charge >= 0.3 is 0 Å². The van der Waals surface area contributed by atoms with Crippen LogP contribution in [0.5, 0.6) is 5.75 Å². The Hall–Kier alpha value is -2.64. The number of carbonyl (C=O) groups excluding carboxylic acids is 2. The molecule has 1 atom stereocenters. The van der Waals surface area contributed by atoms with Gasteiger partial charge in [-0.1, -0.05) is 18.2 Å². The summed E-state index contributed by atoms with van der Waals surface area (Å²) < 4.78 is 5.04. The molecule has 0 aliphatic carbocycles. The van der Waals surface area contributed by atoms with E-state index in [1.807, 2.05) is 0 Å². The SMILES string of the molecule is COCCN1C(=O)C(O)=C(C(=O)c2cccs2)C1c1ccc(O)cc1. The smallest absolute Gasteiger partial charge is 0.290 e. The Kier molecular flexibility index (Phi) is 4.87. The first-order valence-electron chi connectivity index (χ1n) is 7.64. The van der Waals surface area contributed by atoms with Crippen molar-refractivity contribution < 1.29 is 24.5 Å². The van der Waals surface area contributed by atoms with Crippen LogP contribution in [0.4, 0.5) is 0 Å². The van der Waals surface area contributed by atoms with Gasteiger partial charge in [-0.25, -0.2) is 0 Å². The van der Waals surface area contributed by atoms with Gasteiger partial charge in [-0.3, -0.25) is 9.59 Å². The highest BCUT2D eigenvalue weighted by Crippen LogP contribution is 2.39. The van der Waals surface area contributed by atoms with E-state index < -0.39 is 17.7 Å². The lowest BCUT2D eigenvalue weighted by molar-refractivity contribution is -0.130. The summed E-state index contributed by atoms with van der Waals surface area (Å²) in [5.74, 6) is -1.43. The van der Waals surface area contributed by atoms with Gasteiger partial charge in [0, 0.05) is 13.7 Å². The maximum absolute atomic E-state index is 12.9. The molecule has 0 spiro atoms. The van der Waals surface area contributed by atoms with Crippen molar-refractivity contribution in [3.63, 3.8) is 0 Å². The van der Waals surface area contributed by atoms with Gasteiger partial charge in [-0.2, -0.15) is 0 Å². The third kappa shape index (κ3) is 3.16. The fraction of sp³-hybridized carbons (Fsp3) is 0.222. The van der Waals surface area contributed by atoms with E-state index in [0.29, 0.717) is 10.4 Å². The molecule has 2 heterocycles. The third-order valence-electron chi connectivity index (χ3n) is 4.04. The van der Waals surface area contributed by atoms with Crippen LogP contribution in [0.1, 0.15) is 21.3 Å². The second-order valence-electron chi connectivity index (χ2n) is 5.55. The molecular weight excluding hydrogens is 342 g/mol. The molecule has 1 unspecified atom stereocenters. The number of hydrogen-bond acceptors (Lipinski definition) is 6. The highest BCUT2D eigenvalue weighted by atomic mass is 32.1. The zero-order valence-electron chi connectivity index (χ0n) is 13.5. The van der Waals surface area contributed by atoms with Gasteiger partial charge in [-0.05, 0) is 29.1 Å². The lowest BCUT2D eigenvalue weighted by Gasteiger charge is -2.26. The Balaban J connectivity index is 2.06. The quantitative estimate of drug-likeness (QED) is 0.775. The number of ether oxygens (including phenoxy) is 1. The van der Waals surface area contributed by atoms with Crippen molar-refractivity contribution in [3.8, 4) is 5.75 Å². The standard InChI is InChI=1S/C18H17NO5S/c1-24-9-8-19-15(11-4-6-12(20)7-5-11)14(17(22)18(19)23)16(21)13-3-2-10-25-13/h2-7,10,15,20,22H,8-9H2,1H3. The van der Waals surface area contributed by atoms with Crippen molar-refractivity contribution in [3.05, 3.63) is 63.6 Å². The van der Waals surface area contributed by atoms with Crippen LogP contribution in [0.25, 0.3) is 0 Å². The minimum absolute atomic E-state index is 0.0502. The van der Waals surface area contributed by atoms with Crippen molar-refractivity contribution in [1.29, 1.82) is 0 Å². The number of phenols is 1. The molecule has 2 aromatic rings. The van der Waals surface area contributed by atoms with Gasteiger partial charge in [0.25, 0.3) is 5.91 Å². The van der Waals surface area contributed by atoms with E-state index >= 15 is 0 Å². The van der Waals surface area contributed by atoms with Gasteiger partial charge in [-0.15, -0.1) is 11.3 Å². The molecule has 1 aliphatic rings. The summed E-state index contributed by atoms with van der Waals surface area (Å²) in [4.78, 5) is 27.2. The minimum atomic E-state index is -0.724. The molecule has 0 saturated carbocycles. The van der Waals surface area contributed by atoms with Crippen molar-refractivity contribution in [2.24, 2.45) is 0 Å². The van der Waals surface area contributed by atoms with Crippen LogP contribution < -0.4 is 0 Å². The van der Waals surface area contributed by atoms with Gasteiger partial charge in [0.2, 0.25) is 5.78 Å². The molecule has 3 rings (SSSR count). The Morgan fingerprint density at radius 1 is 1.24 bits per heavy atom. The normalized spacial score (nSPS) is 17.4. The largest absolute Gasteiger partial charge is 0.508 e. The first-order valence-corrected chi connectivity index (χ1v) is 8.52. The molecule has 1 aromatic carbocycles. The second kappa shape index (κ2) is 7.08. The number of aromatic hydroxyl groups is 1. The topological polar surface area (TPSA) is 87.1 Å². The lowest BCUT2D eigenvalue weighted by atomic mass is 9.95. The monoisotopic (exact) mass is 359 g/mol. The fourth-order valence-corrected chi connectivity index (χ4v) is 3.53. The molecule has 6 nitrogen and oxygen atoms in total. The van der Waals surface area contributed by atoms with Crippen LogP contribution in [-0.4, -0.2) is 47.1 Å². The van der Waals surface area contributed by atoms with E-state index in [4.69, 9.17) is 4.74 Å². The number of nitrogens with zero attached hydrogens (tertiary/aromatic N) is 1. The van der Waals surface area contributed by atoms with Gasteiger partial charge in [0.05, 0.1) is 23.1 Å². The maximum atomic E-state index is 12.9. The number of amides is 1. The fourth-order valence-electron chi connectivity index (χ4n) is 2.85. The van der Waals surface area contributed by atoms with Crippen LogP contribution in [0.3, 0.4) is 0 Å². The van der Waals surface area contributed by atoms with Gasteiger partial charge in [0.15, 0.2) is 5.76 Å². The van der Waals surface area contributed by atoms with E-state index in [9.17, 15) is 19.8 Å². The maximum Gasteiger partial charge on any atom is 0.290 e. The Bertz CT molecular complexity index is 811. The van der Waals surface area contributed by atoms with E-state index in [1.54, 1.807) is 29.6 Å². The average molecular weight is 359 g/mol. The summed E-state index contributed by atoms with van der Waals surface area (Å²) in [6.07, 6.45) is 0. The summed E-state index contributed by atoms with van der Waals surface area (Å²) in [5.41, 5.74) is 0.681. The summed E-state index contributed by atoms with van der Waals surface area (Å²) in [7, 11) is 1.51. The van der Waals surface area contributed by atoms with Gasteiger partial charge in [0.1, 0.15) is 5.75 Å². The molecule has 2 N–H and O–H groups in total. The highest BCUT2D eigenvalue weighted by Gasteiger charge is 2.43. The molecule has 0 bridgehead atoms. The van der Waals surface area contributed by atoms with Crippen molar-refractivity contribution in [2.45, 2.75) is 6.04 Å². The zero-order chi connectivity index (χ0) is 18.0. The number of hydrogen-bond donors (Lipinski definition) is 2. The first-order chi connectivity index (χ1) is 12.0. The van der Waals surface area contributed by atoms with Crippen LogP contribution in [-0.2, 0) is 9.53 Å². The second-order valence-corrected chi connectivity index (χ2v) is 6.50. The molecule has 25 heavy (non-hydrogen) atoms. The number of Topliss-reactive ketones (excluding diaryl/α,β-unsaturated/α-hetero) is 1. The molecule has 0 fully saturated rings. The molecule has 1 aromatic heterocycles. The zero-order valence-corrected chi connectivity index (χ0v) is 14.3. The minimum Gasteiger partial charge on any atom is -0.508 e. The van der Waals surface area contributed by atoms with Gasteiger partial charge < -0.3 is 19.8 Å². The Labute approximate surface area is 148 Å². The molecule has 1 amide bonds. The number of methoxy groups -OCH3 is 1. The number of aliphatic hydroxyl groups is 1.